The third-order valence-corrected chi connectivity index (χ3v) is 4.62. The topological polar surface area (TPSA) is 26.3 Å². The highest BCUT2D eigenvalue weighted by molar-refractivity contribution is 5.95. The molecule has 0 radical (unpaired) electrons. The number of hydrogen-bond acceptors (Lipinski definition) is 2. The van der Waals surface area contributed by atoms with Crippen LogP contribution in [0.1, 0.15) is 45.4 Å². The first-order valence-corrected chi connectivity index (χ1v) is 6.40. The summed E-state index contributed by atoms with van der Waals surface area (Å²) in [4.78, 5) is 11.9. The van der Waals surface area contributed by atoms with Crippen LogP contribution in [0.3, 0.4) is 0 Å². The van der Waals surface area contributed by atoms with Crippen molar-refractivity contribution in [3.63, 3.8) is 0 Å². The molecule has 2 aliphatic carbocycles. The predicted molar refractivity (Wildman–Crippen MR) is 67.2 cm³/mol. The van der Waals surface area contributed by atoms with Gasteiger partial charge in [0.25, 0.3) is 0 Å². The average Bonchev–Trinajstić information content (AvgIpc) is 2.65. The van der Waals surface area contributed by atoms with E-state index in [2.05, 4.69) is 12.8 Å². The van der Waals surface area contributed by atoms with Crippen LogP contribution in [-0.2, 0) is 9.53 Å². The molecule has 0 saturated heterocycles. The summed E-state index contributed by atoms with van der Waals surface area (Å²) in [6, 6.07) is 0. The molecule has 1 fully saturated rings. The summed E-state index contributed by atoms with van der Waals surface area (Å²) < 4.78 is 5.35. The van der Waals surface area contributed by atoms with Crippen molar-refractivity contribution in [1.82, 2.24) is 0 Å². The zero-order chi connectivity index (χ0) is 12.5. The smallest absolute Gasteiger partial charge is 0.197 e. The molecule has 0 spiro atoms. The Kier molecular flexibility index (Phi) is 3.28. The number of hydrogen-bond donors (Lipinski definition) is 0. The largest absolute Gasteiger partial charge is 0.493 e. The number of methoxy groups -OCH3 is 1. The summed E-state index contributed by atoms with van der Waals surface area (Å²) in [5.74, 6) is 4.16. The Labute approximate surface area is 103 Å². The van der Waals surface area contributed by atoms with E-state index in [1.807, 2.05) is 0 Å². The monoisotopic (exact) mass is 232 g/mol. The molecule has 0 unspecified atom stereocenters. The van der Waals surface area contributed by atoms with E-state index in [4.69, 9.17) is 11.2 Å². The zero-order valence-electron chi connectivity index (χ0n) is 10.7. The van der Waals surface area contributed by atoms with E-state index in [1.54, 1.807) is 7.11 Å². The third kappa shape index (κ3) is 1.78. The lowest BCUT2D eigenvalue weighted by molar-refractivity contribution is -0.120. The lowest BCUT2D eigenvalue weighted by Crippen LogP contribution is -2.32. The molecule has 2 aliphatic rings. The van der Waals surface area contributed by atoms with Crippen LogP contribution in [0, 0.1) is 23.7 Å². The van der Waals surface area contributed by atoms with Crippen molar-refractivity contribution in [2.24, 2.45) is 11.3 Å². The van der Waals surface area contributed by atoms with Gasteiger partial charge in [0.2, 0.25) is 0 Å². The lowest BCUT2D eigenvalue weighted by Gasteiger charge is -2.38. The van der Waals surface area contributed by atoms with Gasteiger partial charge in [0.1, 0.15) is 0 Å². The molecule has 0 amide bonds. The van der Waals surface area contributed by atoms with Gasteiger partial charge in [0, 0.05) is 12.8 Å². The summed E-state index contributed by atoms with van der Waals surface area (Å²) in [5, 5.41) is 0. The van der Waals surface area contributed by atoms with E-state index in [-0.39, 0.29) is 11.2 Å². The van der Waals surface area contributed by atoms with Crippen molar-refractivity contribution >= 4 is 5.78 Å². The molecule has 0 aliphatic heterocycles. The van der Waals surface area contributed by atoms with Crippen molar-refractivity contribution in [3.05, 3.63) is 11.3 Å². The molecular weight excluding hydrogens is 212 g/mol. The van der Waals surface area contributed by atoms with E-state index in [1.165, 1.54) is 5.57 Å². The minimum atomic E-state index is 0.144. The molecule has 2 atom stereocenters. The number of allylic oxidation sites excluding steroid dienone is 2. The molecule has 2 heteroatoms. The molecule has 0 bridgehead atoms. The lowest BCUT2D eigenvalue weighted by atomic mass is 9.66. The van der Waals surface area contributed by atoms with Gasteiger partial charge in [-0.1, -0.05) is 6.92 Å². The van der Waals surface area contributed by atoms with Crippen LogP contribution in [-0.4, -0.2) is 12.9 Å². The summed E-state index contributed by atoms with van der Waals surface area (Å²) in [6.45, 7) is 2.28. The van der Waals surface area contributed by atoms with Gasteiger partial charge in [-0.25, -0.2) is 0 Å². The van der Waals surface area contributed by atoms with Crippen molar-refractivity contribution in [1.29, 1.82) is 0 Å². The van der Waals surface area contributed by atoms with E-state index in [0.29, 0.717) is 18.1 Å². The van der Waals surface area contributed by atoms with Crippen LogP contribution in [0.15, 0.2) is 11.3 Å². The van der Waals surface area contributed by atoms with E-state index >= 15 is 0 Å². The van der Waals surface area contributed by atoms with Gasteiger partial charge in [-0.05, 0) is 42.6 Å². The van der Waals surface area contributed by atoms with Crippen molar-refractivity contribution in [2.45, 2.75) is 45.4 Å². The van der Waals surface area contributed by atoms with Crippen molar-refractivity contribution in [2.75, 3.05) is 7.11 Å². The molecule has 0 N–H and O–H groups in total. The number of carbonyl (C=O) groups is 1. The Morgan fingerprint density at radius 1 is 1.53 bits per heavy atom. The Morgan fingerprint density at radius 3 is 2.94 bits per heavy atom. The highest BCUT2D eigenvalue weighted by atomic mass is 16.5. The van der Waals surface area contributed by atoms with E-state index in [0.717, 1.165) is 32.1 Å². The van der Waals surface area contributed by atoms with Gasteiger partial charge in [-0.15, -0.1) is 12.3 Å². The fraction of sp³-hybridized carbons (Fsp3) is 0.667. The maximum absolute atomic E-state index is 11.9. The Morgan fingerprint density at radius 2 is 2.29 bits per heavy atom. The van der Waals surface area contributed by atoms with Gasteiger partial charge in [0.05, 0.1) is 7.11 Å². The maximum atomic E-state index is 11.9. The van der Waals surface area contributed by atoms with Crippen LogP contribution >= 0.6 is 0 Å². The highest BCUT2D eigenvalue weighted by Crippen LogP contribution is 2.56. The summed E-state index contributed by atoms with van der Waals surface area (Å²) >= 11 is 0. The molecular formula is C15H20O2. The van der Waals surface area contributed by atoms with Crippen LogP contribution in [0.5, 0.6) is 0 Å². The average molecular weight is 232 g/mol. The first-order valence-electron chi connectivity index (χ1n) is 6.40. The van der Waals surface area contributed by atoms with Gasteiger partial charge >= 0.3 is 0 Å². The fourth-order valence-corrected chi connectivity index (χ4v) is 3.59. The number of fused-ring (bicyclic) bond motifs is 1. The quantitative estimate of drug-likeness (QED) is 0.699. The fourth-order valence-electron chi connectivity index (χ4n) is 3.59. The number of terminal acetylenes is 1. The molecule has 0 aromatic carbocycles. The van der Waals surface area contributed by atoms with E-state index in [9.17, 15) is 4.79 Å². The molecule has 1 saturated carbocycles. The minimum absolute atomic E-state index is 0.144. The molecule has 92 valence electrons. The Balaban J connectivity index is 2.42. The summed E-state index contributed by atoms with van der Waals surface area (Å²) in [6.07, 6.45) is 10.9. The zero-order valence-corrected chi connectivity index (χ0v) is 10.7. The number of Topliss-reactive ketones (excluding diaryl/α,β-unsaturated/α-hetero) is 1. The first-order chi connectivity index (χ1) is 8.15. The second-order valence-electron chi connectivity index (χ2n) is 5.23. The Hall–Kier alpha value is -1.23. The second kappa shape index (κ2) is 4.56. The molecule has 0 aromatic heterocycles. The molecule has 2 nitrogen and oxygen atoms in total. The maximum Gasteiger partial charge on any atom is 0.197 e. The van der Waals surface area contributed by atoms with Gasteiger partial charge in [0.15, 0.2) is 11.5 Å². The molecule has 0 aromatic rings. The van der Waals surface area contributed by atoms with Crippen LogP contribution in [0.2, 0.25) is 0 Å². The van der Waals surface area contributed by atoms with Gasteiger partial charge in [-0.2, -0.15) is 0 Å². The number of ether oxygens (including phenoxy) is 1. The summed E-state index contributed by atoms with van der Waals surface area (Å²) in [5.41, 5.74) is 1.39. The predicted octanol–water partition coefficient (Wildman–Crippen LogP) is 3.08. The summed E-state index contributed by atoms with van der Waals surface area (Å²) in [7, 11) is 1.61. The third-order valence-electron chi connectivity index (χ3n) is 4.62. The molecule has 2 rings (SSSR count). The first kappa shape index (κ1) is 12.2. The van der Waals surface area contributed by atoms with Crippen molar-refractivity contribution < 1.29 is 9.53 Å². The number of ketones is 1. The SMILES string of the molecule is C#CCC[C@@]12CCC(=O)C(OC)=C1CC[C@H]2C. The highest BCUT2D eigenvalue weighted by Gasteiger charge is 2.48. The van der Waals surface area contributed by atoms with Crippen LogP contribution in [0.25, 0.3) is 0 Å². The minimum Gasteiger partial charge on any atom is -0.493 e. The molecule has 17 heavy (non-hydrogen) atoms. The normalized spacial score (nSPS) is 32.3. The van der Waals surface area contributed by atoms with E-state index < -0.39 is 0 Å². The number of carbonyl (C=O) groups excluding carboxylic acids is 1. The molecule has 0 heterocycles. The van der Waals surface area contributed by atoms with Crippen LogP contribution in [0.4, 0.5) is 0 Å². The van der Waals surface area contributed by atoms with Crippen molar-refractivity contribution in [3.8, 4) is 12.3 Å². The second-order valence-corrected chi connectivity index (χ2v) is 5.23. The van der Waals surface area contributed by atoms with Crippen LogP contribution < -0.4 is 0 Å². The standard InChI is InChI=1S/C15H20O2/c1-4-5-9-15-10-8-13(16)14(17-3)12(15)7-6-11(15)2/h1,11H,5-10H2,2-3H3/t11-,15+/m1/s1. The Bertz CT molecular complexity index is 400. The van der Waals surface area contributed by atoms with Gasteiger partial charge < -0.3 is 4.74 Å². The number of rotatable bonds is 3. The van der Waals surface area contributed by atoms with Gasteiger partial charge in [-0.3, -0.25) is 4.79 Å².